The van der Waals surface area contributed by atoms with Gasteiger partial charge in [0.2, 0.25) is 0 Å². The van der Waals surface area contributed by atoms with Crippen LogP contribution in [-0.2, 0) is 9.47 Å². The molecule has 0 aliphatic carbocycles. The summed E-state index contributed by atoms with van der Waals surface area (Å²) in [6.45, 7) is 1.24. The first-order valence-corrected chi connectivity index (χ1v) is 5.35. The van der Waals surface area contributed by atoms with E-state index >= 15 is 0 Å². The molecule has 0 spiro atoms. The van der Waals surface area contributed by atoms with E-state index < -0.39 is 6.29 Å². The SMILES string of the molecule is COc1cccc(C#[N+][O-])c1C1OCCCO1. The van der Waals surface area contributed by atoms with Gasteiger partial charge in [0.05, 0.1) is 25.9 Å². The quantitative estimate of drug-likeness (QED) is 0.738. The molecular formula is C12H13NO4. The number of nitrogens with zero attached hydrogens (tertiary/aromatic N) is 1. The van der Waals surface area contributed by atoms with Gasteiger partial charge in [0, 0.05) is 5.01 Å². The second kappa shape index (κ2) is 5.53. The van der Waals surface area contributed by atoms with Gasteiger partial charge in [-0.05, 0) is 18.6 Å². The highest BCUT2D eigenvalue weighted by Gasteiger charge is 2.25. The minimum absolute atomic E-state index is 0.524. The Bertz CT molecular complexity index is 444. The third kappa shape index (κ3) is 2.49. The molecule has 0 atom stereocenters. The van der Waals surface area contributed by atoms with Crippen LogP contribution in [0.5, 0.6) is 5.75 Å². The van der Waals surface area contributed by atoms with Crippen molar-refractivity contribution in [2.24, 2.45) is 0 Å². The van der Waals surface area contributed by atoms with Crippen molar-refractivity contribution in [3.05, 3.63) is 39.5 Å². The first-order chi connectivity index (χ1) is 8.36. The zero-order chi connectivity index (χ0) is 12.1. The molecule has 1 aromatic carbocycles. The van der Waals surface area contributed by atoms with Gasteiger partial charge < -0.3 is 19.4 Å². The van der Waals surface area contributed by atoms with Gasteiger partial charge >= 0.3 is 6.07 Å². The van der Waals surface area contributed by atoms with Gasteiger partial charge in [-0.1, -0.05) is 6.07 Å². The number of rotatable bonds is 2. The molecule has 0 aromatic heterocycles. The summed E-state index contributed by atoms with van der Waals surface area (Å²) in [5, 5.41) is 13.0. The molecular weight excluding hydrogens is 222 g/mol. The molecule has 0 amide bonds. The molecule has 0 bridgehead atoms. The minimum Gasteiger partial charge on any atom is -0.498 e. The van der Waals surface area contributed by atoms with Crippen LogP contribution in [-0.4, -0.2) is 20.3 Å². The number of methoxy groups -OCH3 is 1. The number of ether oxygens (including phenoxy) is 3. The number of hydrogen-bond donors (Lipinski definition) is 0. The summed E-state index contributed by atoms with van der Waals surface area (Å²) >= 11 is 0. The predicted octanol–water partition coefficient (Wildman–Crippen LogP) is 2.31. The summed E-state index contributed by atoms with van der Waals surface area (Å²) in [5.74, 6) is 0.602. The van der Waals surface area contributed by atoms with Crippen LogP contribution >= 0.6 is 0 Å². The summed E-state index contributed by atoms with van der Waals surface area (Å²) in [4.78, 5) is 0. The van der Waals surface area contributed by atoms with E-state index in [0.717, 1.165) is 6.42 Å². The van der Waals surface area contributed by atoms with Crippen LogP contribution in [0.2, 0.25) is 0 Å². The lowest BCUT2D eigenvalue weighted by Crippen LogP contribution is -2.19. The van der Waals surface area contributed by atoms with Crippen molar-refractivity contribution in [1.82, 2.24) is 0 Å². The average Bonchev–Trinajstić information content (AvgIpc) is 2.40. The van der Waals surface area contributed by atoms with E-state index in [0.29, 0.717) is 30.1 Å². The topological polar surface area (TPSA) is 55.1 Å². The van der Waals surface area contributed by atoms with E-state index in [4.69, 9.17) is 14.2 Å². The summed E-state index contributed by atoms with van der Waals surface area (Å²) < 4.78 is 16.3. The van der Waals surface area contributed by atoms with Crippen LogP contribution in [0.1, 0.15) is 23.8 Å². The molecule has 0 saturated carbocycles. The van der Waals surface area contributed by atoms with E-state index in [9.17, 15) is 5.21 Å². The maximum atomic E-state index is 10.3. The first-order valence-electron chi connectivity index (χ1n) is 5.35. The zero-order valence-corrected chi connectivity index (χ0v) is 9.51. The molecule has 1 aliphatic rings. The largest absolute Gasteiger partial charge is 0.498 e. The highest BCUT2D eigenvalue weighted by molar-refractivity contribution is 5.48. The standard InChI is InChI=1S/C12H13NO4/c1-15-10-5-2-4-9(8-13-14)11(10)12-16-6-3-7-17-12/h2,4-5,12H,3,6-7H2,1H3. The van der Waals surface area contributed by atoms with E-state index in [1.165, 1.54) is 0 Å². The Morgan fingerprint density at radius 3 is 2.82 bits per heavy atom. The molecule has 0 N–H and O–H groups in total. The molecule has 2 rings (SSSR count). The van der Waals surface area contributed by atoms with Gasteiger partial charge in [0.1, 0.15) is 11.3 Å². The second-order valence-corrected chi connectivity index (χ2v) is 3.55. The van der Waals surface area contributed by atoms with Crippen LogP contribution in [0, 0.1) is 11.3 Å². The van der Waals surface area contributed by atoms with Gasteiger partial charge in [-0.15, -0.1) is 0 Å². The molecule has 1 aliphatic heterocycles. The lowest BCUT2D eigenvalue weighted by molar-refractivity contribution is -0.183. The van der Waals surface area contributed by atoms with Crippen molar-refractivity contribution < 1.29 is 14.2 Å². The summed E-state index contributed by atoms with van der Waals surface area (Å²) in [7, 11) is 1.56. The maximum Gasteiger partial charge on any atom is 0.337 e. The molecule has 1 aromatic rings. The molecule has 5 heteroatoms. The van der Waals surface area contributed by atoms with Crippen molar-refractivity contribution in [3.63, 3.8) is 0 Å². The van der Waals surface area contributed by atoms with Gasteiger partial charge in [0.15, 0.2) is 6.29 Å². The Kier molecular flexibility index (Phi) is 3.81. The molecule has 1 fully saturated rings. The van der Waals surface area contributed by atoms with E-state index in [1.807, 2.05) is 0 Å². The normalized spacial score (nSPS) is 16.1. The monoisotopic (exact) mass is 235 g/mol. The fourth-order valence-corrected chi connectivity index (χ4v) is 1.77. The van der Waals surface area contributed by atoms with Crippen LogP contribution < -0.4 is 4.74 Å². The van der Waals surface area contributed by atoms with E-state index in [2.05, 4.69) is 11.1 Å². The Balaban J connectivity index is 2.42. The molecule has 1 saturated heterocycles. The highest BCUT2D eigenvalue weighted by Crippen LogP contribution is 2.33. The third-order valence-electron chi connectivity index (χ3n) is 2.51. The third-order valence-corrected chi connectivity index (χ3v) is 2.51. The first kappa shape index (κ1) is 11.7. The van der Waals surface area contributed by atoms with Crippen molar-refractivity contribution in [3.8, 4) is 11.8 Å². The van der Waals surface area contributed by atoms with Gasteiger partial charge in [-0.3, -0.25) is 0 Å². The minimum atomic E-state index is -0.524. The number of hydrogen-bond acceptors (Lipinski definition) is 4. The summed E-state index contributed by atoms with van der Waals surface area (Å²) in [6.07, 6.45) is 0.338. The van der Waals surface area contributed by atoms with Gasteiger partial charge in [0.25, 0.3) is 0 Å². The van der Waals surface area contributed by atoms with Gasteiger partial charge in [-0.2, -0.15) is 0 Å². The van der Waals surface area contributed by atoms with Crippen molar-refractivity contribution >= 4 is 0 Å². The molecule has 0 radical (unpaired) electrons. The maximum absolute atomic E-state index is 10.3. The Hall–Kier alpha value is -1.77. The predicted molar refractivity (Wildman–Crippen MR) is 62.0 cm³/mol. The highest BCUT2D eigenvalue weighted by atomic mass is 16.7. The Morgan fingerprint density at radius 1 is 1.41 bits per heavy atom. The number of benzene rings is 1. The van der Waals surface area contributed by atoms with Crippen molar-refractivity contribution in [2.75, 3.05) is 20.3 Å². The lowest BCUT2D eigenvalue weighted by atomic mass is 10.1. The summed E-state index contributed by atoms with van der Waals surface area (Å²) in [5.41, 5.74) is 1.19. The van der Waals surface area contributed by atoms with Crippen molar-refractivity contribution in [1.29, 1.82) is 0 Å². The summed E-state index contributed by atoms with van der Waals surface area (Å²) in [6, 6.07) is 7.65. The molecule has 17 heavy (non-hydrogen) atoms. The molecule has 90 valence electrons. The second-order valence-electron chi connectivity index (χ2n) is 3.55. The fourth-order valence-electron chi connectivity index (χ4n) is 1.77. The van der Waals surface area contributed by atoms with Crippen LogP contribution in [0.4, 0.5) is 0 Å². The van der Waals surface area contributed by atoms with Crippen molar-refractivity contribution in [2.45, 2.75) is 12.7 Å². The van der Waals surface area contributed by atoms with Gasteiger partial charge in [-0.25, -0.2) is 0 Å². The lowest BCUT2D eigenvalue weighted by Gasteiger charge is -2.25. The fraction of sp³-hybridized carbons (Fsp3) is 0.417. The van der Waals surface area contributed by atoms with Crippen LogP contribution in [0.3, 0.4) is 0 Å². The smallest absolute Gasteiger partial charge is 0.337 e. The Labute approximate surface area is 99.3 Å². The molecule has 1 heterocycles. The molecule has 0 unspecified atom stereocenters. The Morgan fingerprint density at radius 2 is 2.18 bits per heavy atom. The van der Waals surface area contributed by atoms with Crippen LogP contribution in [0.15, 0.2) is 18.2 Å². The van der Waals surface area contributed by atoms with E-state index in [1.54, 1.807) is 25.3 Å². The van der Waals surface area contributed by atoms with Crippen LogP contribution in [0.25, 0.3) is 5.01 Å². The van der Waals surface area contributed by atoms with E-state index in [-0.39, 0.29) is 0 Å². The molecule has 5 nitrogen and oxygen atoms in total. The average molecular weight is 235 g/mol. The zero-order valence-electron chi connectivity index (χ0n) is 9.51.